The van der Waals surface area contributed by atoms with E-state index in [2.05, 4.69) is 10.3 Å². The Morgan fingerprint density at radius 1 is 1.23 bits per heavy atom. The third-order valence-corrected chi connectivity index (χ3v) is 3.61. The minimum Gasteiger partial charge on any atom is -0.505 e. The fourth-order valence-corrected chi connectivity index (χ4v) is 2.40. The third-order valence-electron chi connectivity index (χ3n) is 3.61. The fraction of sp³-hybridized carbons (Fsp3) is 0.125. The van der Waals surface area contributed by atoms with E-state index in [-0.39, 0.29) is 11.5 Å². The van der Waals surface area contributed by atoms with Crippen LogP contribution in [0.4, 0.5) is 5.69 Å². The topological polar surface area (TPSA) is 85.7 Å². The number of hydrogen-bond acceptors (Lipinski definition) is 5. The summed E-state index contributed by atoms with van der Waals surface area (Å²) in [6.07, 6.45) is 1.87. The SMILES string of the molecule is CN1c2ccccc2C(O)=C(NC(=O)c2ccncc2)C1O. The van der Waals surface area contributed by atoms with Gasteiger partial charge in [-0.2, -0.15) is 0 Å². The maximum atomic E-state index is 12.2. The molecule has 1 amide bonds. The number of aliphatic hydroxyl groups is 2. The molecule has 0 aliphatic carbocycles. The van der Waals surface area contributed by atoms with Crippen LogP contribution in [0.1, 0.15) is 15.9 Å². The van der Waals surface area contributed by atoms with E-state index < -0.39 is 12.1 Å². The van der Waals surface area contributed by atoms with E-state index in [9.17, 15) is 15.0 Å². The number of pyridine rings is 1. The van der Waals surface area contributed by atoms with Gasteiger partial charge >= 0.3 is 0 Å². The van der Waals surface area contributed by atoms with Gasteiger partial charge in [0.05, 0.1) is 0 Å². The summed E-state index contributed by atoms with van der Waals surface area (Å²) in [5.41, 5.74) is 1.70. The van der Waals surface area contributed by atoms with E-state index >= 15 is 0 Å². The van der Waals surface area contributed by atoms with Crippen LogP contribution in [0.3, 0.4) is 0 Å². The Balaban J connectivity index is 1.98. The van der Waals surface area contributed by atoms with E-state index in [1.165, 1.54) is 12.4 Å². The van der Waals surface area contributed by atoms with Crippen LogP contribution in [0.15, 0.2) is 54.5 Å². The molecule has 0 fully saturated rings. The zero-order valence-corrected chi connectivity index (χ0v) is 11.9. The average Bonchev–Trinajstić information content (AvgIpc) is 2.57. The Kier molecular flexibility index (Phi) is 3.52. The molecule has 1 aliphatic rings. The second-order valence-electron chi connectivity index (χ2n) is 4.95. The number of carbonyl (C=O) groups excluding carboxylic acids is 1. The zero-order valence-electron chi connectivity index (χ0n) is 11.9. The molecule has 1 unspecified atom stereocenters. The molecule has 0 radical (unpaired) electrons. The van der Waals surface area contributed by atoms with Crippen molar-refractivity contribution in [2.45, 2.75) is 6.23 Å². The Bertz CT molecular complexity index is 743. The largest absolute Gasteiger partial charge is 0.505 e. The molecule has 0 saturated carbocycles. The van der Waals surface area contributed by atoms with Crippen LogP contribution in [0.2, 0.25) is 0 Å². The first-order chi connectivity index (χ1) is 10.6. The second kappa shape index (κ2) is 5.50. The van der Waals surface area contributed by atoms with E-state index in [1.807, 2.05) is 6.07 Å². The van der Waals surface area contributed by atoms with Crippen molar-refractivity contribution in [3.05, 3.63) is 65.6 Å². The van der Waals surface area contributed by atoms with Gasteiger partial charge in [-0.15, -0.1) is 0 Å². The van der Waals surface area contributed by atoms with Crippen molar-refractivity contribution in [3.63, 3.8) is 0 Å². The Morgan fingerprint density at radius 2 is 1.91 bits per heavy atom. The smallest absolute Gasteiger partial charge is 0.255 e. The lowest BCUT2D eigenvalue weighted by Gasteiger charge is -2.34. The lowest BCUT2D eigenvalue weighted by atomic mass is 10.0. The van der Waals surface area contributed by atoms with E-state index in [0.717, 1.165) is 0 Å². The highest BCUT2D eigenvalue weighted by Gasteiger charge is 2.30. The maximum Gasteiger partial charge on any atom is 0.255 e. The van der Waals surface area contributed by atoms with Gasteiger partial charge in [0.25, 0.3) is 5.91 Å². The minimum absolute atomic E-state index is 0.0583. The molecule has 0 spiro atoms. The molecule has 2 heterocycles. The molecule has 112 valence electrons. The lowest BCUT2D eigenvalue weighted by molar-refractivity contribution is 0.0945. The molecule has 6 heteroatoms. The standard InChI is InChI=1S/C16H15N3O3/c1-19-12-5-3-2-4-11(12)14(20)13(16(19)22)18-15(21)10-6-8-17-9-7-10/h2-9,16,20,22H,1H3,(H,18,21). The highest BCUT2D eigenvalue weighted by atomic mass is 16.3. The summed E-state index contributed by atoms with van der Waals surface area (Å²) in [7, 11) is 1.69. The number of nitrogens with zero attached hydrogens (tertiary/aromatic N) is 2. The number of fused-ring (bicyclic) bond motifs is 1. The number of carbonyl (C=O) groups is 1. The van der Waals surface area contributed by atoms with Crippen LogP contribution in [0, 0.1) is 0 Å². The van der Waals surface area contributed by atoms with E-state index in [0.29, 0.717) is 16.8 Å². The zero-order chi connectivity index (χ0) is 15.7. The van der Waals surface area contributed by atoms with Crippen LogP contribution in [0.5, 0.6) is 0 Å². The van der Waals surface area contributed by atoms with Crippen molar-refractivity contribution in [3.8, 4) is 0 Å². The summed E-state index contributed by atoms with van der Waals surface area (Å²) in [6, 6.07) is 10.2. The summed E-state index contributed by atoms with van der Waals surface area (Å²) in [5.74, 6) is -0.556. The summed E-state index contributed by atoms with van der Waals surface area (Å²) < 4.78 is 0. The maximum absolute atomic E-state index is 12.2. The third kappa shape index (κ3) is 2.29. The predicted octanol–water partition coefficient (Wildman–Crippen LogP) is 1.51. The van der Waals surface area contributed by atoms with Crippen molar-refractivity contribution >= 4 is 17.4 Å². The number of anilines is 1. The van der Waals surface area contributed by atoms with Gasteiger partial charge in [-0.25, -0.2) is 0 Å². The number of rotatable bonds is 2. The van der Waals surface area contributed by atoms with Gasteiger partial charge < -0.3 is 20.4 Å². The Hall–Kier alpha value is -2.86. The van der Waals surface area contributed by atoms with Crippen molar-refractivity contribution in [2.24, 2.45) is 0 Å². The van der Waals surface area contributed by atoms with Crippen molar-refractivity contribution in [2.75, 3.05) is 11.9 Å². The van der Waals surface area contributed by atoms with Crippen LogP contribution >= 0.6 is 0 Å². The number of amides is 1. The minimum atomic E-state index is -1.14. The number of nitrogens with one attached hydrogen (secondary N) is 1. The average molecular weight is 297 g/mol. The van der Waals surface area contributed by atoms with Crippen LogP contribution in [-0.2, 0) is 0 Å². The fourth-order valence-electron chi connectivity index (χ4n) is 2.40. The molecule has 2 aromatic rings. The first kappa shape index (κ1) is 14.1. The first-order valence-corrected chi connectivity index (χ1v) is 6.74. The molecular formula is C16H15N3O3. The van der Waals surface area contributed by atoms with Gasteiger partial charge in [0.1, 0.15) is 11.5 Å². The van der Waals surface area contributed by atoms with E-state index in [4.69, 9.17) is 0 Å². The van der Waals surface area contributed by atoms with Gasteiger partial charge in [-0.1, -0.05) is 12.1 Å². The normalized spacial score (nSPS) is 17.2. The molecule has 1 aliphatic heterocycles. The Morgan fingerprint density at radius 3 is 2.64 bits per heavy atom. The molecule has 22 heavy (non-hydrogen) atoms. The molecule has 3 rings (SSSR count). The highest BCUT2D eigenvalue weighted by molar-refractivity contribution is 5.96. The highest BCUT2D eigenvalue weighted by Crippen LogP contribution is 2.34. The van der Waals surface area contributed by atoms with Crippen molar-refractivity contribution in [1.29, 1.82) is 0 Å². The monoisotopic (exact) mass is 297 g/mol. The lowest BCUT2D eigenvalue weighted by Crippen LogP contribution is -2.43. The molecule has 0 bridgehead atoms. The van der Waals surface area contributed by atoms with Gasteiger partial charge in [0.15, 0.2) is 6.23 Å². The molecule has 0 saturated heterocycles. The number of likely N-dealkylation sites (N-methyl/N-ethyl adjacent to an activating group) is 1. The van der Waals surface area contributed by atoms with Gasteiger partial charge in [0.2, 0.25) is 0 Å². The summed E-state index contributed by atoms with van der Waals surface area (Å²) in [5, 5.41) is 23.3. The molecule has 1 atom stereocenters. The molecule has 3 N–H and O–H groups in total. The Labute approximate surface area is 127 Å². The summed E-state index contributed by atoms with van der Waals surface area (Å²) in [6.45, 7) is 0. The van der Waals surface area contributed by atoms with Gasteiger partial charge in [-0.3, -0.25) is 9.78 Å². The predicted molar refractivity (Wildman–Crippen MR) is 82.1 cm³/mol. The summed E-state index contributed by atoms with van der Waals surface area (Å²) >= 11 is 0. The second-order valence-corrected chi connectivity index (χ2v) is 4.95. The van der Waals surface area contributed by atoms with Crippen LogP contribution in [0.25, 0.3) is 5.76 Å². The molecule has 6 nitrogen and oxygen atoms in total. The van der Waals surface area contributed by atoms with Crippen molar-refractivity contribution in [1.82, 2.24) is 10.3 Å². The number of aromatic nitrogens is 1. The number of aliphatic hydroxyl groups excluding tert-OH is 2. The molecule has 1 aromatic carbocycles. The first-order valence-electron chi connectivity index (χ1n) is 6.74. The number of benzene rings is 1. The van der Waals surface area contributed by atoms with Crippen molar-refractivity contribution < 1.29 is 15.0 Å². The van der Waals surface area contributed by atoms with Gasteiger partial charge in [0, 0.05) is 36.3 Å². The van der Waals surface area contributed by atoms with E-state index in [1.54, 1.807) is 42.3 Å². The number of hydrogen-bond donors (Lipinski definition) is 3. The summed E-state index contributed by atoms with van der Waals surface area (Å²) in [4.78, 5) is 17.6. The van der Waals surface area contributed by atoms with Gasteiger partial charge in [-0.05, 0) is 24.3 Å². The quantitative estimate of drug-likeness (QED) is 0.782. The van der Waals surface area contributed by atoms with Crippen LogP contribution in [-0.4, -0.2) is 34.4 Å². The number of para-hydroxylation sites is 1. The molecular weight excluding hydrogens is 282 g/mol. The molecule has 1 aromatic heterocycles. The van der Waals surface area contributed by atoms with Crippen LogP contribution < -0.4 is 10.2 Å².